The second kappa shape index (κ2) is 14.8. The van der Waals surface area contributed by atoms with Gasteiger partial charge in [-0.15, -0.1) is 0 Å². The molecule has 212 valence electrons. The summed E-state index contributed by atoms with van der Waals surface area (Å²) in [5, 5.41) is 15.0. The molecule has 1 rings (SSSR count). The monoisotopic (exact) mass is 536 g/mol. The van der Waals surface area contributed by atoms with Crippen molar-refractivity contribution in [2.24, 2.45) is 5.73 Å². The molecule has 5 N–H and O–H groups in total. The summed E-state index contributed by atoms with van der Waals surface area (Å²) in [4.78, 5) is 64.3. The number of rotatable bonds is 13. The second-order valence-corrected chi connectivity index (χ2v) is 9.83. The Labute approximate surface area is 223 Å². The van der Waals surface area contributed by atoms with Gasteiger partial charge >= 0.3 is 12.1 Å². The third-order valence-electron chi connectivity index (χ3n) is 5.44. The molecule has 1 aromatic rings. The number of alkyl carbamates (subject to hydrolysis) is 1. The fourth-order valence-electron chi connectivity index (χ4n) is 3.54. The SMILES string of the molecule is CCCCN(C(=O)C(CCC(N)=O)NC(=O)OC(C)(C)C)C(C(=O)NCC(=O)OC)c1ccc(O)c(C)c1. The van der Waals surface area contributed by atoms with E-state index in [1.165, 1.54) is 24.1 Å². The number of ether oxygens (including phenoxy) is 2. The summed E-state index contributed by atoms with van der Waals surface area (Å²) in [6.07, 6.45) is -0.00584. The highest BCUT2D eigenvalue weighted by Gasteiger charge is 2.36. The number of nitrogens with zero attached hydrogens (tertiary/aromatic N) is 1. The van der Waals surface area contributed by atoms with Gasteiger partial charge in [-0.3, -0.25) is 19.2 Å². The number of benzene rings is 1. The van der Waals surface area contributed by atoms with E-state index >= 15 is 0 Å². The number of phenolic OH excluding ortho intramolecular Hbond substituents is 1. The lowest BCUT2D eigenvalue weighted by Crippen LogP contribution is -2.53. The molecule has 0 saturated heterocycles. The van der Waals surface area contributed by atoms with Crippen LogP contribution < -0.4 is 16.4 Å². The number of nitrogens with two attached hydrogens (primary N) is 1. The zero-order chi connectivity index (χ0) is 29.0. The van der Waals surface area contributed by atoms with Crippen LogP contribution in [-0.4, -0.2) is 71.6 Å². The Bertz CT molecular complexity index is 1010. The van der Waals surface area contributed by atoms with Crippen molar-refractivity contribution >= 4 is 29.8 Å². The number of nitrogens with one attached hydrogen (secondary N) is 2. The van der Waals surface area contributed by atoms with E-state index < -0.39 is 54.0 Å². The maximum Gasteiger partial charge on any atom is 0.408 e. The second-order valence-electron chi connectivity index (χ2n) is 9.83. The smallest absolute Gasteiger partial charge is 0.408 e. The summed E-state index contributed by atoms with van der Waals surface area (Å²) < 4.78 is 9.89. The molecule has 1 aromatic carbocycles. The predicted molar refractivity (Wildman–Crippen MR) is 139 cm³/mol. The van der Waals surface area contributed by atoms with Gasteiger partial charge in [-0.2, -0.15) is 0 Å². The van der Waals surface area contributed by atoms with Crippen LogP contribution in [0.5, 0.6) is 5.75 Å². The Hall–Kier alpha value is -3.83. The van der Waals surface area contributed by atoms with Gasteiger partial charge < -0.3 is 35.8 Å². The first-order valence-electron chi connectivity index (χ1n) is 12.4. The van der Waals surface area contributed by atoms with Crippen molar-refractivity contribution in [3.8, 4) is 5.75 Å². The van der Waals surface area contributed by atoms with Crippen LogP contribution in [0.25, 0.3) is 0 Å². The van der Waals surface area contributed by atoms with Crippen LogP contribution in [0, 0.1) is 6.92 Å². The largest absolute Gasteiger partial charge is 0.508 e. The van der Waals surface area contributed by atoms with Crippen molar-refractivity contribution in [3.05, 3.63) is 29.3 Å². The summed E-state index contributed by atoms with van der Waals surface area (Å²) in [5.41, 5.74) is 5.30. The molecule has 0 aliphatic heterocycles. The number of carbonyl (C=O) groups is 5. The van der Waals surface area contributed by atoms with Gasteiger partial charge in [0.1, 0.15) is 30.0 Å². The summed E-state index contributed by atoms with van der Waals surface area (Å²) in [6.45, 7) is 8.22. The van der Waals surface area contributed by atoms with Gasteiger partial charge in [0.15, 0.2) is 0 Å². The van der Waals surface area contributed by atoms with E-state index in [4.69, 9.17) is 10.5 Å². The molecule has 12 heteroatoms. The van der Waals surface area contributed by atoms with Gasteiger partial charge in [-0.05, 0) is 63.8 Å². The first kappa shape index (κ1) is 32.2. The predicted octanol–water partition coefficient (Wildman–Crippen LogP) is 1.82. The van der Waals surface area contributed by atoms with Gasteiger partial charge in [0, 0.05) is 13.0 Å². The van der Waals surface area contributed by atoms with Crippen molar-refractivity contribution < 1.29 is 38.6 Å². The van der Waals surface area contributed by atoms with E-state index in [2.05, 4.69) is 15.4 Å². The number of amides is 4. The first-order chi connectivity index (χ1) is 17.7. The molecule has 0 radical (unpaired) electrons. The van der Waals surface area contributed by atoms with Crippen LogP contribution in [-0.2, 0) is 28.7 Å². The molecule has 0 spiro atoms. The van der Waals surface area contributed by atoms with E-state index in [1.807, 2.05) is 6.92 Å². The lowest BCUT2D eigenvalue weighted by Gasteiger charge is -2.34. The van der Waals surface area contributed by atoms with E-state index in [1.54, 1.807) is 33.8 Å². The van der Waals surface area contributed by atoms with Crippen molar-refractivity contribution in [2.45, 2.75) is 78.0 Å². The first-order valence-corrected chi connectivity index (χ1v) is 12.4. The van der Waals surface area contributed by atoms with Crippen molar-refractivity contribution in [1.29, 1.82) is 0 Å². The van der Waals surface area contributed by atoms with E-state index in [0.29, 0.717) is 24.0 Å². The highest BCUT2D eigenvalue weighted by Crippen LogP contribution is 2.28. The fraction of sp³-hybridized carbons (Fsp3) is 0.577. The average molecular weight is 537 g/mol. The number of carbonyl (C=O) groups excluding carboxylic acids is 5. The lowest BCUT2D eigenvalue weighted by atomic mass is 9.99. The molecule has 12 nitrogen and oxygen atoms in total. The van der Waals surface area contributed by atoms with Crippen molar-refractivity contribution in [1.82, 2.24) is 15.5 Å². The number of hydrogen-bond donors (Lipinski definition) is 4. The highest BCUT2D eigenvalue weighted by molar-refractivity contribution is 5.93. The summed E-state index contributed by atoms with van der Waals surface area (Å²) >= 11 is 0. The zero-order valence-corrected chi connectivity index (χ0v) is 23.0. The standard InChI is InChI=1S/C26H40N4O8/c1-7-8-13-30(24(35)18(10-12-20(27)32)29-25(36)38-26(3,4)5)22(23(34)28-15-21(33)37-6)17-9-11-19(31)16(2)14-17/h9,11,14,18,22,31H,7-8,10,12-13,15H2,1-6H3,(H2,27,32)(H,28,34)(H,29,36). The highest BCUT2D eigenvalue weighted by atomic mass is 16.6. The summed E-state index contributed by atoms with van der Waals surface area (Å²) in [7, 11) is 1.18. The van der Waals surface area contributed by atoms with Crippen LogP contribution in [0.1, 0.15) is 70.5 Å². The minimum atomic E-state index is -1.23. The Kier molecular flexibility index (Phi) is 12.5. The molecule has 2 atom stereocenters. The van der Waals surface area contributed by atoms with Gasteiger partial charge in [0.05, 0.1) is 7.11 Å². The van der Waals surface area contributed by atoms with Gasteiger partial charge in [0.25, 0.3) is 0 Å². The molecule has 0 saturated carbocycles. The van der Waals surface area contributed by atoms with Crippen LogP contribution in [0.4, 0.5) is 4.79 Å². The Morgan fingerprint density at radius 1 is 1.16 bits per heavy atom. The number of phenols is 1. The molecular formula is C26H40N4O8. The minimum absolute atomic E-state index is 0.000157. The normalized spacial score (nSPS) is 12.6. The van der Waals surface area contributed by atoms with E-state index in [9.17, 15) is 29.1 Å². The number of unbranched alkanes of at least 4 members (excludes halogenated alkanes) is 1. The third-order valence-corrected chi connectivity index (χ3v) is 5.44. The van der Waals surface area contributed by atoms with Crippen molar-refractivity contribution in [3.63, 3.8) is 0 Å². The fourth-order valence-corrected chi connectivity index (χ4v) is 3.54. The zero-order valence-electron chi connectivity index (χ0n) is 23.0. The molecule has 0 aliphatic rings. The molecular weight excluding hydrogens is 496 g/mol. The Morgan fingerprint density at radius 2 is 1.82 bits per heavy atom. The van der Waals surface area contributed by atoms with Crippen LogP contribution in [0.3, 0.4) is 0 Å². The maximum atomic E-state index is 13.9. The number of aromatic hydroxyl groups is 1. The van der Waals surface area contributed by atoms with Gasteiger partial charge in [-0.1, -0.05) is 19.4 Å². The van der Waals surface area contributed by atoms with Gasteiger partial charge in [0.2, 0.25) is 17.7 Å². The van der Waals surface area contributed by atoms with E-state index in [-0.39, 0.29) is 25.1 Å². The topological polar surface area (TPSA) is 177 Å². The number of hydrogen-bond acceptors (Lipinski definition) is 8. The Balaban J connectivity index is 3.52. The quantitative estimate of drug-likeness (QED) is 0.276. The Morgan fingerprint density at radius 3 is 2.34 bits per heavy atom. The third kappa shape index (κ3) is 10.7. The minimum Gasteiger partial charge on any atom is -0.508 e. The summed E-state index contributed by atoms with van der Waals surface area (Å²) in [5.74, 6) is -2.67. The van der Waals surface area contributed by atoms with E-state index in [0.717, 1.165) is 0 Å². The molecule has 0 aliphatic carbocycles. The van der Waals surface area contributed by atoms with Gasteiger partial charge in [-0.25, -0.2) is 4.79 Å². The molecule has 0 fully saturated rings. The number of methoxy groups -OCH3 is 1. The molecule has 38 heavy (non-hydrogen) atoms. The molecule has 0 aromatic heterocycles. The average Bonchev–Trinajstić information content (AvgIpc) is 2.82. The van der Waals surface area contributed by atoms with Crippen molar-refractivity contribution in [2.75, 3.05) is 20.2 Å². The summed E-state index contributed by atoms with van der Waals surface area (Å²) in [6, 6.07) is 2.00. The molecule has 4 amide bonds. The molecule has 0 bridgehead atoms. The number of primary amides is 1. The number of esters is 1. The maximum absolute atomic E-state index is 13.9. The lowest BCUT2D eigenvalue weighted by molar-refractivity contribution is -0.145. The molecule has 2 unspecified atom stereocenters. The van der Waals surface area contributed by atoms with Crippen LogP contribution >= 0.6 is 0 Å². The van der Waals surface area contributed by atoms with Crippen LogP contribution in [0.15, 0.2) is 18.2 Å². The molecule has 0 heterocycles. The van der Waals surface area contributed by atoms with Crippen LogP contribution in [0.2, 0.25) is 0 Å². The number of aryl methyl sites for hydroxylation is 1.